The lowest BCUT2D eigenvalue weighted by Gasteiger charge is -2.12. The standard InChI is InChI=1S/C19H17N3O3/c1-13(14-6-3-2-4-7-14)21-12-16(11-20)18(23)22-17-9-5-8-15(10-17)19(24)25/h2-10,12-13,21H,1H3,(H,22,23)(H,24,25)/b16-12-. The van der Waals surface area contributed by atoms with Crippen molar-refractivity contribution in [2.45, 2.75) is 13.0 Å². The molecular formula is C19H17N3O3. The van der Waals surface area contributed by atoms with Gasteiger partial charge in [-0.3, -0.25) is 4.79 Å². The van der Waals surface area contributed by atoms with Crippen LogP contribution < -0.4 is 10.6 Å². The lowest BCUT2D eigenvalue weighted by molar-refractivity contribution is -0.112. The first-order valence-electron chi connectivity index (χ1n) is 7.57. The summed E-state index contributed by atoms with van der Waals surface area (Å²) in [6.45, 7) is 1.91. The second kappa shape index (κ2) is 8.31. The van der Waals surface area contributed by atoms with Gasteiger partial charge in [0.1, 0.15) is 11.6 Å². The number of nitrogens with one attached hydrogen (secondary N) is 2. The van der Waals surface area contributed by atoms with Crippen LogP contribution in [-0.2, 0) is 4.79 Å². The number of amides is 1. The van der Waals surface area contributed by atoms with Crippen LogP contribution >= 0.6 is 0 Å². The quantitative estimate of drug-likeness (QED) is 0.556. The summed E-state index contributed by atoms with van der Waals surface area (Å²) in [5, 5.41) is 23.7. The van der Waals surface area contributed by atoms with Gasteiger partial charge in [0.15, 0.2) is 0 Å². The summed E-state index contributed by atoms with van der Waals surface area (Å²) in [6, 6.07) is 17.2. The molecule has 25 heavy (non-hydrogen) atoms. The van der Waals surface area contributed by atoms with Crippen LogP contribution in [0.3, 0.4) is 0 Å². The van der Waals surface area contributed by atoms with Crippen LogP contribution in [0.15, 0.2) is 66.4 Å². The SMILES string of the molecule is CC(N/C=C(/C#N)C(=O)Nc1cccc(C(=O)O)c1)c1ccccc1. The number of rotatable bonds is 6. The van der Waals surface area contributed by atoms with Gasteiger partial charge in [-0.05, 0) is 30.7 Å². The molecule has 0 aromatic heterocycles. The first-order chi connectivity index (χ1) is 12.0. The minimum atomic E-state index is -1.09. The number of benzene rings is 2. The molecule has 0 spiro atoms. The summed E-state index contributed by atoms with van der Waals surface area (Å²) in [6.07, 6.45) is 1.36. The number of aromatic carboxylic acids is 1. The van der Waals surface area contributed by atoms with E-state index in [1.807, 2.05) is 43.3 Å². The molecule has 0 saturated carbocycles. The Labute approximate surface area is 145 Å². The molecule has 0 aliphatic heterocycles. The molecule has 2 aromatic rings. The topological polar surface area (TPSA) is 102 Å². The third-order valence-electron chi connectivity index (χ3n) is 3.51. The molecule has 6 heteroatoms. The van der Waals surface area contributed by atoms with E-state index in [1.165, 1.54) is 24.4 Å². The Morgan fingerprint density at radius 3 is 2.52 bits per heavy atom. The third-order valence-corrected chi connectivity index (χ3v) is 3.51. The molecule has 0 radical (unpaired) electrons. The fourth-order valence-electron chi connectivity index (χ4n) is 2.12. The molecule has 0 bridgehead atoms. The number of carboxylic acids is 1. The molecule has 126 valence electrons. The van der Waals surface area contributed by atoms with E-state index >= 15 is 0 Å². The van der Waals surface area contributed by atoms with Crippen molar-refractivity contribution < 1.29 is 14.7 Å². The van der Waals surface area contributed by atoms with Gasteiger partial charge in [-0.2, -0.15) is 5.26 Å². The Balaban J connectivity index is 2.07. The van der Waals surface area contributed by atoms with Crippen molar-refractivity contribution in [3.05, 3.63) is 77.5 Å². The van der Waals surface area contributed by atoms with E-state index in [-0.39, 0.29) is 17.2 Å². The number of nitrogens with zero attached hydrogens (tertiary/aromatic N) is 1. The van der Waals surface area contributed by atoms with Crippen molar-refractivity contribution in [1.82, 2.24) is 5.32 Å². The van der Waals surface area contributed by atoms with Gasteiger partial charge in [0.05, 0.1) is 5.56 Å². The molecule has 0 aliphatic carbocycles. The minimum Gasteiger partial charge on any atom is -0.478 e. The average Bonchev–Trinajstić information content (AvgIpc) is 2.63. The Morgan fingerprint density at radius 2 is 1.88 bits per heavy atom. The molecule has 1 amide bonds. The van der Waals surface area contributed by atoms with Gasteiger partial charge in [0, 0.05) is 17.9 Å². The zero-order valence-electron chi connectivity index (χ0n) is 13.6. The van der Waals surface area contributed by atoms with E-state index in [0.29, 0.717) is 5.69 Å². The van der Waals surface area contributed by atoms with Gasteiger partial charge < -0.3 is 15.7 Å². The predicted molar refractivity (Wildman–Crippen MR) is 93.7 cm³/mol. The maximum absolute atomic E-state index is 12.2. The highest BCUT2D eigenvalue weighted by molar-refractivity contribution is 6.06. The summed E-state index contributed by atoms with van der Waals surface area (Å²) in [4.78, 5) is 23.1. The Morgan fingerprint density at radius 1 is 1.16 bits per heavy atom. The molecule has 1 atom stereocenters. The zero-order chi connectivity index (χ0) is 18.2. The zero-order valence-corrected chi connectivity index (χ0v) is 13.6. The van der Waals surface area contributed by atoms with Crippen molar-refractivity contribution in [3.8, 4) is 6.07 Å². The van der Waals surface area contributed by atoms with E-state index in [1.54, 1.807) is 6.07 Å². The van der Waals surface area contributed by atoms with Gasteiger partial charge in [0.2, 0.25) is 0 Å². The monoisotopic (exact) mass is 335 g/mol. The molecule has 2 aromatic carbocycles. The Bertz CT molecular complexity index is 838. The number of anilines is 1. The van der Waals surface area contributed by atoms with Gasteiger partial charge in [0.25, 0.3) is 5.91 Å². The minimum absolute atomic E-state index is 0.0520. The van der Waals surface area contributed by atoms with Crippen molar-refractivity contribution in [3.63, 3.8) is 0 Å². The first kappa shape index (κ1) is 17.8. The molecule has 3 N–H and O–H groups in total. The number of carbonyl (C=O) groups is 2. The van der Waals surface area contributed by atoms with Crippen LogP contribution in [0.4, 0.5) is 5.69 Å². The third kappa shape index (κ3) is 4.94. The van der Waals surface area contributed by atoms with Gasteiger partial charge >= 0.3 is 5.97 Å². The van der Waals surface area contributed by atoms with Gasteiger partial charge in [-0.15, -0.1) is 0 Å². The van der Waals surface area contributed by atoms with Crippen LogP contribution in [0.1, 0.15) is 28.9 Å². The highest BCUT2D eigenvalue weighted by atomic mass is 16.4. The van der Waals surface area contributed by atoms with Gasteiger partial charge in [-0.25, -0.2) is 4.79 Å². The molecule has 2 rings (SSSR count). The summed E-state index contributed by atoms with van der Waals surface area (Å²) in [5.74, 6) is -1.71. The van der Waals surface area contributed by atoms with Crippen LogP contribution in [0, 0.1) is 11.3 Å². The molecular weight excluding hydrogens is 318 g/mol. The van der Waals surface area contributed by atoms with Crippen molar-refractivity contribution in [2.24, 2.45) is 0 Å². The average molecular weight is 335 g/mol. The maximum Gasteiger partial charge on any atom is 0.335 e. The second-order valence-corrected chi connectivity index (χ2v) is 5.31. The van der Waals surface area contributed by atoms with E-state index < -0.39 is 11.9 Å². The summed E-state index contributed by atoms with van der Waals surface area (Å²) in [7, 11) is 0. The number of carbonyl (C=O) groups excluding carboxylic acids is 1. The number of carboxylic acid groups (broad SMARTS) is 1. The van der Waals surface area contributed by atoms with Crippen LogP contribution in [0.25, 0.3) is 0 Å². The van der Waals surface area contributed by atoms with Crippen molar-refractivity contribution >= 4 is 17.6 Å². The van der Waals surface area contributed by atoms with Crippen molar-refractivity contribution in [1.29, 1.82) is 5.26 Å². The van der Waals surface area contributed by atoms with E-state index in [0.717, 1.165) is 5.56 Å². The summed E-state index contributed by atoms with van der Waals surface area (Å²) >= 11 is 0. The van der Waals surface area contributed by atoms with Crippen molar-refractivity contribution in [2.75, 3.05) is 5.32 Å². The molecule has 0 fully saturated rings. The maximum atomic E-state index is 12.2. The smallest absolute Gasteiger partial charge is 0.335 e. The normalized spacial score (nSPS) is 11.9. The number of hydrogen-bond donors (Lipinski definition) is 3. The molecule has 1 unspecified atom stereocenters. The van der Waals surface area contributed by atoms with E-state index in [4.69, 9.17) is 5.11 Å². The molecule has 6 nitrogen and oxygen atoms in total. The first-order valence-corrected chi connectivity index (χ1v) is 7.57. The summed E-state index contributed by atoms with van der Waals surface area (Å²) < 4.78 is 0. The Kier molecular flexibility index (Phi) is 5.91. The molecule has 0 saturated heterocycles. The van der Waals surface area contributed by atoms with Gasteiger partial charge in [-0.1, -0.05) is 36.4 Å². The number of nitriles is 1. The molecule has 0 aliphatic rings. The largest absolute Gasteiger partial charge is 0.478 e. The van der Waals surface area contributed by atoms with Crippen LogP contribution in [0.5, 0.6) is 0 Å². The number of hydrogen-bond acceptors (Lipinski definition) is 4. The van der Waals surface area contributed by atoms with E-state index in [9.17, 15) is 14.9 Å². The van der Waals surface area contributed by atoms with E-state index in [2.05, 4.69) is 10.6 Å². The van der Waals surface area contributed by atoms with Crippen LogP contribution in [0.2, 0.25) is 0 Å². The highest BCUT2D eigenvalue weighted by Gasteiger charge is 2.11. The Hall–Kier alpha value is -3.59. The molecule has 0 heterocycles. The summed E-state index contributed by atoms with van der Waals surface area (Å²) in [5.41, 5.74) is 1.27. The lowest BCUT2D eigenvalue weighted by Crippen LogP contribution is -2.18. The highest BCUT2D eigenvalue weighted by Crippen LogP contribution is 2.13. The fourth-order valence-corrected chi connectivity index (χ4v) is 2.12. The van der Waals surface area contributed by atoms with Crippen LogP contribution in [-0.4, -0.2) is 17.0 Å². The fraction of sp³-hybridized carbons (Fsp3) is 0.105. The second-order valence-electron chi connectivity index (χ2n) is 5.31. The lowest BCUT2D eigenvalue weighted by atomic mass is 10.1. The predicted octanol–water partition coefficient (Wildman–Crippen LogP) is 3.08.